The van der Waals surface area contributed by atoms with Crippen molar-refractivity contribution in [2.45, 2.75) is 192 Å². The number of aliphatic hydroxyl groups is 3. The predicted octanol–water partition coefficient (Wildman–Crippen LogP) is 10.8. The number of ether oxygens (including phenoxy) is 4. The Morgan fingerprint density at radius 2 is 0.985 bits per heavy atom. The van der Waals surface area contributed by atoms with Gasteiger partial charge in [0.2, 0.25) is 0 Å². The summed E-state index contributed by atoms with van der Waals surface area (Å²) in [7, 11) is -4.62. The van der Waals surface area contributed by atoms with E-state index < -0.39 is 71.2 Å². The second-order valence-corrected chi connectivity index (χ2v) is 17.9. The number of hydrogen-bond donors (Lipinski definition) is 4. The van der Waals surface area contributed by atoms with Crippen molar-refractivity contribution in [1.82, 2.24) is 0 Å². The fourth-order valence-corrected chi connectivity index (χ4v) is 7.28. The van der Waals surface area contributed by atoms with E-state index in [1.807, 2.05) is 18.2 Å². The van der Waals surface area contributed by atoms with Crippen molar-refractivity contribution in [2.75, 3.05) is 19.0 Å². The van der Waals surface area contributed by atoms with Crippen LogP contribution in [-0.2, 0) is 38.7 Å². The van der Waals surface area contributed by atoms with Gasteiger partial charge in [0.25, 0.3) is 10.1 Å². The molecule has 1 heterocycles. The molecule has 374 valence electrons. The first kappa shape index (κ1) is 60.3. The maximum absolute atomic E-state index is 12.8. The standard InChI is InChI=1S/C53H84O12S/c1-3-5-7-9-11-13-15-17-19-21-23-25-27-29-31-33-35-37-39-41-48(54)62-43-46(44-63-53-52(58)51(57)50(56)47(65-53)45-66(59,60)61)64-49(55)42-40-38-36-34-32-30-28-26-24-22-20-18-16-14-12-10-8-6-4-2/h6,8,11-14,17-20,23-26,30,32,36,38,46-47,50-53,56-58H,3-5,7,9-10,15-16,21-22,27-29,31,33-35,37,39-45H2,1-2H3,(H,59,60,61)/b8-6-,13-11-,14-12-,19-17-,20-18-,25-23-,26-24-,32-30-,38-36-. The van der Waals surface area contributed by atoms with Gasteiger partial charge in [0.15, 0.2) is 12.4 Å². The summed E-state index contributed by atoms with van der Waals surface area (Å²) in [5.41, 5.74) is 0. The van der Waals surface area contributed by atoms with Crippen LogP contribution in [0.4, 0.5) is 0 Å². The highest BCUT2D eigenvalue weighted by Crippen LogP contribution is 2.24. The lowest BCUT2D eigenvalue weighted by molar-refractivity contribution is -0.297. The average Bonchev–Trinajstić information content (AvgIpc) is 3.28. The second-order valence-electron chi connectivity index (χ2n) is 16.4. The fraction of sp³-hybridized carbons (Fsp3) is 0.623. The average molecular weight is 945 g/mol. The molecule has 6 atom stereocenters. The summed E-state index contributed by atoms with van der Waals surface area (Å²) in [4.78, 5) is 25.5. The van der Waals surface area contributed by atoms with Crippen molar-refractivity contribution in [3.05, 3.63) is 109 Å². The lowest BCUT2D eigenvalue weighted by atomic mass is 10.00. The van der Waals surface area contributed by atoms with E-state index in [0.717, 1.165) is 83.5 Å². The van der Waals surface area contributed by atoms with Gasteiger partial charge in [-0.05, 0) is 89.9 Å². The zero-order valence-corrected chi connectivity index (χ0v) is 40.8. The minimum Gasteiger partial charge on any atom is -0.462 e. The molecule has 66 heavy (non-hydrogen) atoms. The number of aliphatic hydroxyl groups excluding tert-OH is 3. The van der Waals surface area contributed by atoms with Gasteiger partial charge < -0.3 is 34.3 Å². The second kappa shape index (κ2) is 41.5. The number of esters is 2. The first-order chi connectivity index (χ1) is 32.0. The molecule has 13 heteroatoms. The predicted molar refractivity (Wildman–Crippen MR) is 265 cm³/mol. The van der Waals surface area contributed by atoms with Gasteiger partial charge in [0.1, 0.15) is 36.8 Å². The lowest BCUT2D eigenvalue weighted by Gasteiger charge is -2.40. The Labute approximate surface area is 397 Å². The molecule has 1 aliphatic rings. The lowest BCUT2D eigenvalue weighted by Crippen LogP contribution is -2.60. The van der Waals surface area contributed by atoms with Crippen molar-refractivity contribution in [3.8, 4) is 0 Å². The summed E-state index contributed by atoms with van der Waals surface area (Å²) in [6.45, 7) is 3.54. The highest BCUT2D eigenvalue weighted by atomic mass is 32.2. The van der Waals surface area contributed by atoms with Gasteiger partial charge in [-0.2, -0.15) is 8.42 Å². The van der Waals surface area contributed by atoms with Crippen LogP contribution in [0.3, 0.4) is 0 Å². The largest absolute Gasteiger partial charge is 0.462 e. The molecule has 6 unspecified atom stereocenters. The zero-order chi connectivity index (χ0) is 48.4. The van der Waals surface area contributed by atoms with E-state index in [9.17, 15) is 37.9 Å². The van der Waals surface area contributed by atoms with E-state index in [2.05, 4.69) is 105 Å². The number of rotatable bonds is 39. The van der Waals surface area contributed by atoms with E-state index >= 15 is 0 Å². The quantitative estimate of drug-likeness (QED) is 0.0198. The van der Waals surface area contributed by atoms with E-state index in [1.165, 1.54) is 25.7 Å². The molecule has 12 nitrogen and oxygen atoms in total. The Kier molecular flexibility index (Phi) is 37.9. The molecule has 1 saturated heterocycles. The third-order valence-electron chi connectivity index (χ3n) is 10.4. The molecule has 1 fully saturated rings. The van der Waals surface area contributed by atoms with Crippen LogP contribution in [0.5, 0.6) is 0 Å². The molecule has 0 amide bonds. The molecule has 0 radical (unpaired) electrons. The molecule has 0 aromatic carbocycles. The summed E-state index contributed by atoms with van der Waals surface area (Å²) < 4.78 is 54.1. The molecular weight excluding hydrogens is 861 g/mol. The van der Waals surface area contributed by atoms with Crippen molar-refractivity contribution in [2.24, 2.45) is 0 Å². The Morgan fingerprint density at radius 1 is 0.530 bits per heavy atom. The van der Waals surface area contributed by atoms with Gasteiger partial charge in [0, 0.05) is 12.8 Å². The van der Waals surface area contributed by atoms with E-state index in [-0.39, 0.29) is 19.4 Å². The highest BCUT2D eigenvalue weighted by molar-refractivity contribution is 7.85. The van der Waals surface area contributed by atoms with Gasteiger partial charge >= 0.3 is 11.9 Å². The minimum atomic E-state index is -4.62. The smallest absolute Gasteiger partial charge is 0.306 e. The van der Waals surface area contributed by atoms with Crippen molar-refractivity contribution in [1.29, 1.82) is 0 Å². The van der Waals surface area contributed by atoms with E-state index in [0.29, 0.717) is 19.3 Å². The molecule has 0 aromatic rings. The van der Waals surface area contributed by atoms with Crippen LogP contribution in [0, 0.1) is 0 Å². The Hall–Kier alpha value is -3.69. The molecule has 0 spiro atoms. The molecule has 0 aliphatic carbocycles. The summed E-state index contributed by atoms with van der Waals surface area (Å²) in [6, 6.07) is 0. The molecule has 1 rings (SSSR count). The van der Waals surface area contributed by atoms with Crippen LogP contribution in [0.25, 0.3) is 0 Å². The number of carbonyl (C=O) groups excluding carboxylic acids is 2. The monoisotopic (exact) mass is 945 g/mol. The zero-order valence-electron chi connectivity index (χ0n) is 40.0. The van der Waals surface area contributed by atoms with Crippen LogP contribution in [0.2, 0.25) is 0 Å². The van der Waals surface area contributed by atoms with Crippen LogP contribution >= 0.6 is 0 Å². The Morgan fingerprint density at radius 3 is 1.48 bits per heavy atom. The van der Waals surface area contributed by atoms with Crippen molar-refractivity contribution >= 4 is 22.1 Å². The number of hydrogen-bond acceptors (Lipinski definition) is 11. The Balaban J connectivity index is 2.48. The maximum atomic E-state index is 12.8. The van der Waals surface area contributed by atoms with Gasteiger partial charge in [-0.1, -0.05) is 162 Å². The van der Waals surface area contributed by atoms with Crippen molar-refractivity contribution < 1.29 is 56.8 Å². The SMILES string of the molecule is CC/C=C\C/C=C\C/C=C\C/C=C\C/C=C\C/C=C\CCC(=O)OC(COC(=O)CCCCCCCC/C=C\C/C=C\C/C=C\CCCCC)COC1OC(CS(=O)(=O)O)C(O)C(O)C1O. The third kappa shape index (κ3) is 35.5. The molecule has 4 N–H and O–H groups in total. The highest BCUT2D eigenvalue weighted by Gasteiger charge is 2.46. The van der Waals surface area contributed by atoms with Crippen LogP contribution in [-0.4, -0.2) is 96.0 Å². The first-order valence-electron chi connectivity index (χ1n) is 24.4. The molecule has 1 aliphatic heterocycles. The molecular formula is C53H84O12S. The third-order valence-corrected chi connectivity index (χ3v) is 11.1. The van der Waals surface area contributed by atoms with E-state index in [1.54, 1.807) is 0 Å². The molecule has 0 bridgehead atoms. The summed E-state index contributed by atoms with van der Waals surface area (Å²) in [6.07, 6.45) is 48.5. The van der Waals surface area contributed by atoms with Gasteiger partial charge in [0.05, 0.1) is 6.61 Å². The Bertz CT molecular complexity index is 1620. The molecule has 0 aromatic heterocycles. The number of unbranched alkanes of at least 4 members (excludes halogenated alkanes) is 9. The topological polar surface area (TPSA) is 186 Å². The fourth-order valence-electron chi connectivity index (χ4n) is 6.59. The molecule has 0 saturated carbocycles. The van der Waals surface area contributed by atoms with Gasteiger partial charge in [-0.3, -0.25) is 14.1 Å². The number of carbonyl (C=O) groups is 2. The maximum Gasteiger partial charge on any atom is 0.306 e. The summed E-state index contributed by atoms with van der Waals surface area (Å²) >= 11 is 0. The normalized spacial score (nSPS) is 20.4. The van der Waals surface area contributed by atoms with Crippen molar-refractivity contribution in [3.63, 3.8) is 0 Å². The van der Waals surface area contributed by atoms with Crippen LogP contribution in [0.1, 0.15) is 155 Å². The van der Waals surface area contributed by atoms with E-state index in [4.69, 9.17) is 18.9 Å². The summed E-state index contributed by atoms with van der Waals surface area (Å²) in [5.74, 6) is -2.12. The van der Waals surface area contributed by atoms with Gasteiger partial charge in [-0.15, -0.1) is 0 Å². The van der Waals surface area contributed by atoms with Crippen LogP contribution in [0.15, 0.2) is 109 Å². The van der Waals surface area contributed by atoms with Gasteiger partial charge in [-0.25, -0.2) is 0 Å². The summed E-state index contributed by atoms with van der Waals surface area (Å²) in [5, 5.41) is 30.9. The first-order valence-corrected chi connectivity index (χ1v) is 26.1. The number of allylic oxidation sites excluding steroid dienone is 18. The van der Waals surface area contributed by atoms with Crippen LogP contribution < -0.4 is 0 Å². The minimum absolute atomic E-state index is 0.0293.